The van der Waals surface area contributed by atoms with Crippen LogP contribution in [0.15, 0.2) is 29.5 Å². The van der Waals surface area contributed by atoms with Gasteiger partial charge in [-0.15, -0.1) is 0 Å². The third-order valence-corrected chi connectivity index (χ3v) is 1.74. The van der Waals surface area contributed by atoms with E-state index < -0.39 is 6.09 Å². The smallest absolute Gasteiger partial charge is 0.413 e. The molecule has 0 saturated carbocycles. The van der Waals surface area contributed by atoms with Gasteiger partial charge in [-0.1, -0.05) is 6.07 Å². The second kappa shape index (κ2) is 7.29. The number of hydrazone groups is 1. The number of aromatic nitrogens is 1. The number of alkyl carbamates (subject to hydrolysis) is 1. The Labute approximate surface area is 104 Å². The maximum absolute atomic E-state index is 11.0. The van der Waals surface area contributed by atoms with E-state index in [0.717, 1.165) is 0 Å². The van der Waals surface area contributed by atoms with Gasteiger partial charge in [0.2, 0.25) is 0 Å². The van der Waals surface area contributed by atoms with Gasteiger partial charge >= 0.3 is 6.09 Å². The Morgan fingerprint density at radius 2 is 2.47 bits per heavy atom. The summed E-state index contributed by atoms with van der Waals surface area (Å²) < 4.78 is 4.64. The molecular weight excluding hydrogens is 240 g/mol. The fraction of sp³-hybridized carbons (Fsp3) is 0.200. The average Bonchev–Trinajstić information content (AvgIpc) is 2.30. The van der Waals surface area contributed by atoms with Crippen LogP contribution in [0.5, 0.6) is 0 Å². The Hall–Kier alpha value is -2.02. The van der Waals surface area contributed by atoms with Gasteiger partial charge in [-0.3, -0.25) is 15.7 Å². The number of rotatable bonds is 3. The highest BCUT2D eigenvalue weighted by atomic mass is 32.1. The number of carbonyl (C=O) groups excluding carboxylic acids is 1. The van der Waals surface area contributed by atoms with Crippen LogP contribution in [0, 0.1) is 0 Å². The lowest BCUT2D eigenvalue weighted by molar-refractivity contribution is 0.157. The van der Waals surface area contributed by atoms with E-state index in [0.29, 0.717) is 5.69 Å². The number of pyridine rings is 1. The topological polar surface area (TPSA) is 75.6 Å². The van der Waals surface area contributed by atoms with Gasteiger partial charge in [0, 0.05) is 6.20 Å². The number of carbonyl (C=O) groups is 1. The highest BCUT2D eigenvalue weighted by Gasteiger charge is 2.02. The summed E-state index contributed by atoms with van der Waals surface area (Å²) in [5, 5.41) is 6.16. The van der Waals surface area contributed by atoms with Crippen LogP contribution in [-0.2, 0) is 4.74 Å². The summed E-state index contributed by atoms with van der Waals surface area (Å²) in [6, 6.07) is 5.42. The van der Waals surface area contributed by atoms with Crippen LogP contribution in [0.1, 0.15) is 12.6 Å². The minimum absolute atomic E-state index is 0.0654. The summed E-state index contributed by atoms with van der Waals surface area (Å²) in [6.07, 6.45) is 2.52. The zero-order valence-electron chi connectivity index (χ0n) is 9.21. The second-order valence-electron chi connectivity index (χ2n) is 2.80. The Morgan fingerprint density at radius 3 is 3.12 bits per heavy atom. The number of ether oxygens (including phenoxy) is 1. The standard InChI is InChI=1S/C10H12N4O2S/c1-2-16-10(15)13-9(17)14-12-7-8-5-3-4-6-11-8/h3-7H,2H2,1H3,(H2,13,14,15,17)/b12-7-. The van der Waals surface area contributed by atoms with Crippen molar-refractivity contribution in [1.29, 1.82) is 0 Å². The Kier molecular flexibility index (Phi) is 5.59. The second-order valence-corrected chi connectivity index (χ2v) is 3.21. The lowest BCUT2D eigenvalue weighted by Crippen LogP contribution is -2.37. The predicted octanol–water partition coefficient (Wildman–Crippen LogP) is 1.04. The molecule has 1 heterocycles. The molecule has 0 atom stereocenters. The average molecular weight is 252 g/mol. The van der Waals surface area contributed by atoms with E-state index in [1.54, 1.807) is 25.3 Å². The summed E-state index contributed by atoms with van der Waals surface area (Å²) in [5.41, 5.74) is 3.15. The molecule has 6 nitrogen and oxygen atoms in total. The lowest BCUT2D eigenvalue weighted by atomic mass is 10.4. The number of thiocarbonyl (C=S) groups is 1. The number of hydrogen-bond acceptors (Lipinski definition) is 5. The first-order valence-corrected chi connectivity index (χ1v) is 5.31. The molecule has 2 N–H and O–H groups in total. The maximum atomic E-state index is 11.0. The zero-order valence-corrected chi connectivity index (χ0v) is 10.0. The van der Waals surface area contributed by atoms with Crippen LogP contribution < -0.4 is 10.7 Å². The molecule has 0 aromatic carbocycles. The van der Waals surface area contributed by atoms with E-state index in [4.69, 9.17) is 12.2 Å². The normalized spacial score (nSPS) is 9.94. The van der Waals surface area contributed by atoms with Crippen LogP contribution in [0.2, 0.25) is 0 Å². The minimum Gasteiger partial charge on any atom is -0.450 e. The summed E-state index contributed by atoms with van der Waals surface area (Å²) >= 11 is 4.80. The lowest BCUT2D eigenvalue weighted by Gasteiger charge is -2.04. The zero-order chi connectivity index (χ0) is 12.5. The van der Waals surface area contributed by atoms with E-state index in [1.807, 2.05) is 6.07 Å². The van der Waals surface area contributed by atoms with E-state index in [2.05, 4.69) is 25.6 Å². The fourth-order valence-electron chi connectivity index (χ4n) is 0.897. The van der Waals surface area contributed by atoms with Gasteiger partial charge < -0.3 is 4.74 Å². The van der Waals surface area contributed by atoms with Crippen molar-refractivity contribution in [3.05, 3.63) is 30.1 Å². The number of hydrogen-bond donors (Lipinski definition) is 2. The van der Waals surface area contributed by atoms with Crippen LogP contribution in [0.3, 0.4) is 0 Å². The van der Waals surface area contributed by atoms with Crippen molar-refractivity contribution in [2.75, 3.05) is 6.61 Å². The van der Waals surface area contributed by atoms with Gasteiger partial charge in [0.15, 0.2) is 5.11 Å². The molecule has 1 aromatic heterocycles. The molecular formula is C10H12N4O2S. The molecule has 0 fully saturated rings. The summed E-state index contributed by atoms with van der Waals surface area (Å²) in [5.74, 6) is 0. The van der Waals surface area contributed by atoms with Crippen molar-refractivity contribution in [2.45, 2.75) is 6.92 Å². The van der Waals surface area contributed by atoms with Crippen LogP contribution in [0.25, 0.3) is 0 Å². The van der Waals surface area contributed by atoms with E-state index in [9.17, 15) is 4.79 Å². The van der Waals surface area contributed by atoms with Crippen molar-refractivity contribution in [2.24, 2.45) is 5.10 Å². The summed E-state index contributed by atoms with van der Waals surface area (Å²) in [6.45, 7) is 1.99. The molecule has 1 aromatic rings. The number of nitrogens with one attached hydrogen (secondary N) is 2. The van der Waals surface area contributed by atoms with Crippen LogP contribution in [-0.4, -0.2) is 29.0 Å². The first kappa shape index (κ1) is 13.0. The van der Waals surface area contributed by atoms with Gasteiger partial charge in [0.05, 0.1) is 18.5 Å². The Balaban J connectivity index is 2.33. The molecule has 0 aliphatic carbocycles. The first-order chi connectivity index (χ1) is 8.22. The van der Waals surface area contributed by atoms with Crippen molar-refractivity contribution >= 4 is 29.6 Å². The third kappa shape index (κ3) is 5.57. The Morgan fingerprint density at radius 1 is 1.65 bits per heavy atom. The number of amides is 1. The molecule has 90 valence electrons. The molecule has 1 rings (SSSR count). The molecule has 7 heteroatoms. The molecule has 0 bridgehead atoms. The van der Waals surface area contributed by atoms with Crippen LogP contribution >= 0.6 is 12.2 Å². The fourth-order valence-corrected chi connectivity index (χ4v) is 1.03. The minimum atomic E-state index is -0.613. The van der Waals surface area contributed by atoms with Gasteiger partial charge in [-0.25, -0.2) is 4.79 Å². The highest BCUT2D eigenvalue weighted by Crippen LogP contribution is 1.87. The highest BCUT2D eigenvalue weighted by molar-refractivity contribution is 7.80. The van der Waals surface area contributed by atoms with Crippen molar-refractivity contribution in [1.82, 2.24) is 15.7 Å². The van der Waals surface area contributed by atoms with Gasteiger partial charge in [-0.2, -0.15) is 5.10 Å². The maximum Gasteiger partial charge on any atom is 0.413 e. The molecule has 0 unspecified atom stereocenters. The SMILES string of the molecule is CCOC(=O)NC(=S)N/N=C\c1ccccn1. The largest absolute Gasteiger partial charge is 0.450 e. The monoisotopic (exact) mass is 252 g/mol. The molecule has 17 heavy (non-hydrogen) atoms. The van der Waals surface area contributed by atoms with E-state index in [1.165, 1.54) is 6.21 Å². The summed E-state index contributed by atoms with van der Waals surface area (Å²) in [4.78, 5) is 15.0. The molecule has 0 saturated heterocycles. The number of nitrogens with zero attached hydrogens (tertiary/aromatic N) is 2. The molecule has 0 aliphatic rings. The van der Waals surface area contributed by atoms with Crippen molar-refractivity contribution in [3.63, 3.8) is 0 Å². The molecule has 1 amide bonds. The molecule has 0 aliphatic heterocycles. The van der Waals surface area contributed by atoms with E-state index >= 15 is 0 Å². The van der Waals surface area contributed by atoms with Crippen LogP contribution in [0.4, 0.5) is 4.79 Å². The van der Waals surface area contributed by atoms with Crippen molar-refractivity contribution in [3.8, 4) is 0 Å². The van der Waals surface area contributed by atoms with Gasteiger partial charge in [0.1, 0.15) is 0 Å². The van der Waals surface area contributed by atoms with Crippen molar-refractivity contribution < 1.29 is 9.53 Å². The summed E-state index contributed by atoms with van der Waals surface area (Å²) in [7, 11) is 0. The predicted molar refractivity (Wildman–Crippen MR) is 67.7 cm³/mol. The third-order valence-electron chi connectivity index (χ3n) is 1.54. The Bertz CT molecular complexity index is 408. The van der Waals surface area contributed by atoms with Gasteiger partial charge in [-0.05, 0) is 31.3 Å². The van der Waals surface area contributed by atoms with E-state index in [-0.39, 0.29) is 11.7 Å². The quantitative estimate of drug-likeness (QED) is 0.477. The van der Waals surface area contributed by atoms with Gasteiger partial charge in [0.25, 0.3) is 0 Å². The molecule has 0 spiro atoms. The molecule has 0 radical (unpaired) electrons. The first-order valence-electron chi connectivity index (χ1n) is 4.90.